The molecule has 9 heteroatoms. The van der Waals surface area contributed by atoms with Crippen molar-refractivity contribution in [1.82, 2.24) is 9.97 Å². The average Bonchev–Trinajstić information content (AvgIpc) is 3.54. The van der Waals surface area contributed by atoms with E-state index in [2.05, 4.69) is 23.8 Å². The van der Waals surface area contributed by atoms with E-state index in [1.165, 1.54) is 64.5 Å². The molecule has 9 nitrogen and oxygen atoms in total. The summed E-state index contributed by atoms with van der Waals surface area (Å²) in [6.45, 7) is 6.08. The van der Waals surface area contributed by atoms with Crippen LogP contribution in [0.3, 0.4) is 0 Å². The number of aliphatic hydroxyl groups excluding tert-OH is 3. The third-order valence-electron chi connectivity index (χ3n) is 6.54. The Morgan fingerprint density at radius 1 is 0.946 bits per heavy atom. The Balaban J connectivity index is 1.56. The van der Waals surface area contributed by atoms with E-state index in [0.29, 0.717) is 11.7 Å². The Hall–Kier alpha value is -2.23. The molecular formula is C28H46N2O7. The van der Waals surface area contributed by atoms with Crippen LogP contribution in [0.4, 0.5) is 0 Å². The highest BCUT2D eigenvalue weighted by Gasteiger charge is 2.29. The number of unbranched alkanes of at least 4 members (excludes halogenated alkanes) is 8. The first-order chi connectivity index (χ1) is 17.8. The second kappa shape index (κ2) is 17.3. The number of carbonyl (C=O) groups excluding carboxylic acids is 1. The third-order valence-corrected chi connectivity index (χ3v) is 6.54. The van der Waals surface area contributed by atoms with Gasteiger partial charge < -0.3 is 28.9 Å². The molecule has 3 N–H and O–H groups in total. The lowest BCUT2D eigenvalue weighted by Crippen LogP contribution is -2.39. The minimum absolute atomic E-state index is 0.185. The molecule has 210 valence electrons. The standard InChI is InChI=1S/C28H46N2O7/c1-20(2)13-11-9-7-5-4-6-8-10-12-14-27(33)37-21(3)28(34)25(32)16-24(31)23-18-35-26(30-23)15-22-17-29-19-36-22/h17-21,24-25,28,31-32,34H,4-16H2,1-3H3/t21-,24+,25-,28+/m0/s1. The zero-order valence-corrected chi connectivity index (χ0v) is 22.7. The Morgan fingerprint density at radius 2 is 1.59 bits per heavy atom. The second-order valence-corrected chi connectivity index (χ2v) is 10.4. The molecule has 0 aliphatic carbocycles. The number of rotatable bonds is 20. The van der Waals surface area contributed by atoms with Gasteiger partial charge in [0.15, 0.2) is 6.39 Å². The van der Waals surface area contributed by atoms with Crippen molar-refractivity contribution in [3.05, 3.63) is 36.2 Å². The first kappa shape index (κ1) is 31.0. The molecule has 0 saturated heterocycles. The molecule has 0 fully saturated rings. The van der Waals surface area contributed by atoms with Crippen molar-refractivity contribution in [2.75, 3.05) is 0 Å². The van der Waals surface area contributed by atoms with E-state index in [9.17, 15) is 20.1 Å². The lowest BCUT2D eigenvalue weighted by atomic mass is 10.0. The normalized spacial score (nSPS) is 15.0. The van der Waals surface area contributed by atoms with Gasteiger partial charge >= 0.3 is 5.97 Å². The highest BCUT2D eigenvalue weighted by molar-refractivity contribution is 5.69. The predicted octanol–water partition coefficient (Wildman–Crippen LogP) is 5.28. The van der Waals surface area contributed by atoms with Crippen molar-refractivity contribution in [3.8, 4) is 0 Å². The molecule has 37 heavy (non-hydrogen) atoms. The summed E-state index contributed by atoms with van der Waals surface area (Å²) in [6, 6.07) is 0. The average molecular weight is 523 g/mol. The van der Waals surface area contributed by atoms with Crippen LogP contribution in [0.5, 0.6) is 0 Å². The van der Waals surface area contributed by atoms with Gasteiger partial charge in [0.1, 0.15) is 36.0 Å². The maximum absolute atomic E-state index is 12.1. The fourth-order valence-electron chi connectivity index (χ4n) is 4.23. The van der Waals surface area contributed by atoms with Crippen LogP contribution in [-0.2, 0) is 16.0 Å². The first-order valence-corrected chi connectivity index (χ1v) is 13.8. The first-order valence-electron chi connectivity index (χ1n) is 13.8. The second-order valence-electron chi connectivity index (χ2n) is 10.4. The van der Waals surface area contributed by atoms with Crippen molar-refractivity contribution < 1.29 is 33.7 Å². The fraction of sp³-hybridized carbons (Fsp3) is 0.750. The van der Waals surface area contributed by atoms with E-state index in [1.54, 1.807) is 6.20 Å². The van der Waals surface area contributed by atoms with Gasteiger partial charge in [0.2, 0.25) is 5.89 Å². The highest BCUT2D eigenvalue weighted by atomic mass is 16.6. The van der Waals surface area contributed by atoms with Crippen molar-refractivity contribution in [1.29, 1.82) is 0 Å². The quantitative estimate of drug-likeness (QED) is 0.157. The van der Waals surface area contributed by atoms with E-state index in [-0.39, 0.29) is 25.0 Å². The molecule has 0 unspecified atom stereocenters. The Morgan fingerprint density at radius 3 is 2.22 bits per heavy atom. The van der Waals surface area contributed by atoms with Crippen LogP contribution in [0, 0.1) is 5.92 Å². The zero-order chi connectivity index (χ0) is 27.0. The van der Waals surface area contributed by atoms with Gasteiger partial charge in [-0.2, -0.15) is 0 Å². The van der Waals surface area contributed by atoms with Crippen LogP contribution in [0.25, 0.3) is 0 Å². The van der Waals surface area contributed by atoms with Gasteiger partial charge in [0, 0.05) is 12.8 Å². The highest BCUT2D eigenvalue weighted by Crippen LogP contribution is 2.22. The number of aromatic nitrogens is 2. The summed E-state index contributed by atoms with van der Waals surface area (Å²) in [7, 11) is 0. The maximum atomic E-state index is 12.1. The molecule has 0 aromatic carbocycles. The molecule has 0 bridgehead atoms. The smallest absolute Gasteiger partial charge is 0.306 e. The summed E-state index contributed by atoms with van der Waals surface area (Å²) in [5.74, 6) is 1.31. The fourth-order valence-corrected chi connectivity index (χ4v) is 4.23. The number of oxazole rings is 2. The molecule has 2 heterocycles. The molecule has 0 spiro atoms. The molecule has 2 aromatic heterocycles. The van der Waals surface area contributed by atoms with E-state index in [4.69, 9.17) is 13.6 Å². The summed E-state index contributed by atoms with van der Waals surface area (Å²) in [5, 5.41) is 31.1. The number of hydrogen-bond acceptors (Lipinski definition) is 9. The van der Waals surface area contributed by atoms with Gasteiger partial charge in [-0.3, -0.25) is 4.79 Å². The molecule has 0 aliphatic heterocycles. The minimum Gasteiger partial charge on any atom is -0.460 e. The van der Waals surface area contributed by atoms with Crippen molar-refractivity contribution in [2.24, 2.45) is 5.92 Å². The van der Waals surface area contributed by atoms with Gasteiger partial charge in [-0.25, -0.2) is 9.97 Å². The number of aliphatic hydroxyl groups is 3. The van der Waals surface area contributed by atoms with Crippen LogP contribution in [-0.4, -0.2) is 49.6 Å². The van der Waals surface area contributed by atoms with E-state index < -0.39 is 30.4 Å². The Labute approximate surface area is 220 Å². The summed E-state index contributed by atoms with van der Waals surface area (Å²) in [4.78, 5) is 20.2. The molecule has 0 radical (unpaired) electrons. The molecule has 2 aromatic rings. The van der Waals surface area contributed by atoms with Crippen molar-refractivity contribution >= 4 is 5.97 Å². The zero-order valence-electron chi connectivity index (χ0n) is 22.7. The van der Waals surface area contributed by atoms with Crippen LogP contribution in [0.2, 0.25) is 0 Å². The molecule has 0 amide bonds. The summed E-state index contributed by atoms with van der Waals surface area (Å²) >= 11 is 0. The SMILES string of the molecule is CC(C)CCCCCCCCCCCC(=O)O[C@@H](C)[C@@H](O)[C@@H](O)C[C@@H](O)c1coc(Cc2cnco2)n1. The number of hydrogen-bond donors (Lipinski definition) is 3. The lowest BCUT2D eigenvalue weighted by molar-refractivity contribution is -0.159. The minimum atomic E-state index is -1.33. The van der Waals surface area contributed by atoms with E-state index in [1.807, 2.05) is 0 Å². The number of nitrogens with zero attached hydrogens (tertiary/aromatic N) is 2. The van der Waals surface area contributed by atoms with Crippen LogP contribution >= 0.6 is 0 Å². The van der Waals surface area contributed by atoms with Gasteiger partial charge in [0.25, 0.3) is 0 Å². The monoisotopic (exact) mass is 522 g/mol. The largest absolute Gasteiger partial charge is 0.460 e. The van der Waals surface area contributed by atoms with Gasteiger partial charge in [-0.1, -0.05) is 71.6 Å². The third kappa shape index (κ3) is 12.7. The molecule has 0 aliphatic rings. The van der Waals surface area contributed by atoms with E-state index >= 15 is 0 Å². The molecule has 2 rings (SSSR count). The van der Waals surface area contributed by atoms with Gasteiger partial charge in [-0.05, 0) is 19.3 Å². The van der Waals surface area contributed by atoms with Crippen LogP contribution in [0.15, 0.2) is 27.7 Å². The van der Waals surface area contributed by atoms with Gasteiger partial charge in [0.05, 0.1) is 18.7 Å². The van der Waals surface area contributed by atoms with Crippen LogP contribution < -0.4 is 0 Å². The van der Waals surface area contributed by atoms with E-state index in [0.717, 1.165) is 25.2 Å². The predicted molar refractivity (Wildman–Crippen MR) is 139 cm³/mol. The topological polar surface area (TPSA) is 139 Å². The molecule has 4 atom stereocenters. The molecular weight excluding hydrogens is 476 g/mol. The number of ether oxygens (including phenoxy) is 1. The van der Waals surface area contributed by atoms with Crippen LogP contribution in [0.1, 0.15) is 121 Å². The lowest BCUT2D eigenvalue weighted by Gasteiger charge is -2.25. The van der Waals surface area contributed by atoms with Gasteiger partial charge in [-0.15, -0.1) is 0 Å². The number of carbonyl (C=O) groups is 1. The summed E-state index contributed by atoms with van der Waals surface area (Å²) in [5.41, 5.74) is 0.233. The maximum Gasteiger partial charge on any atom is 0.306 e. The van der Waals surface area contributed by atoms with Crippen molar-refractivity contribution in [2.45, 2.75) is 129 Å². The molecule has 0 saturated carbocycles. The Kier molecular flexibility index (Phi) is 14.5. The summed E-state index contributed by atoms with van der Waals surface area (Å²) in [6.07, 6.45) is 11.7. The summed E-state index contributed by atoms with van der Waals surface area (Å²) < 4.78 is 15.8. The van der Waals surface area contributed by atoms with Crippen molar-refractivity contribution in [3.63, 3.8) is 0 Å². The Bertz CT molecular complexity index is 853. The number of esters is 1.